The zero-order chi connectivity index (χ0) is 32.5. The molecule has 4 N–H and O–H groups in total. The molecule has 0 saturated carbocycles. The number of nitrogens with zero attached hydrogens (tertiary/aromatic N) is 4. The monoisotopic (exact) mass is 668 g/mol. The molecule has 11 nitrogen and oxygen atoms in total. The van der Waals surface area contributed by atoms with Crippen LogP contribution in [0.15, 0.2) is 23.3 Å². The molecule has 4 aromatic rings. The molecular weight excluding hydrogens is 630 g/mol. The average Bonchev–Trinajstić information content (AvgIpc) is 3.68. The Hall–Kier alpha value is -3.68. The van der Waals surface area contributed by atoms with Gasteiger partial charge in [-0.15, -0.1) is 0 Å². The first-order valence-electron chi connectivity index (χ1n) is 16.6. The maximum atomic E-state index is 16.5. The largest absolute Gasteiger partial charge is 0.463 e. The molecule has 0 radical (unpaired) electrons. The lowest BCUT2D eigenvalue weighted by atomic mass is 9.94. The van der Waals surface area contributed by atoms with E-state index in [0.717, 1.165) is 51.7 Å². The molecule has 0 bridgehead atoms. The van der Waals surface area contributed by atoms with Crippen LogP contribution in [0.1, 0.15) is 63.4 Å². The second-order valence-corrected chi connectivity index (χ2v) is 13.5. The van der Waals surface area contributed by atoms with Crippen molar-refractivity contribution in [3.8, 4) is 17.3 Å². The number of alkyl halides is 1. The second-order valence-electron chi connectivity index (χ2n) is 13.1. The molecule has 3 aliphatic heterocycles. The van der Waals surface area contributed by atoms with E-state index in [0.29, 0.717) is 65.7 Å². The van der Waals surface area contributed by atoms with Crippen LogP contribution in [0.4, 0.5) is 8.78 Å². The number of hydrogen-bond donors (Lipinski definition) is 4. The summed E-state index contributed by atoms with van der Waals surface area (Å²) in [6.07, 6.45) is 9.33. The Morgan fingerprint density at radius 3 is 3.00 bits per heavy atom. The molecule has 47 heavy (non-hydrogen) atoms. The Bertz CT molecular complexity index is 1840. The molecular formula is C33H39ClF2N8O3. The molecule has 3 saturated heterocycles. The number of rotatable bonds is 10. The highest BCUT2D eigenvalue weighted by Gasteiger charge is 2.49. The zero-order valence-corrected chi connectivity index (χ0v) is 26.9. The van der Waals surface area contributed by atoms with Crippen LogP contribution in [-0.2, 0) is 11.2 Å². The predicted octanol–water partition coefficient (Wildman–Crippen LogP) is 4.58. The number of unbranched alkanes of at least 4 members (excludes halogenated alkanes) is 1. The van der Waals surface area contributed by atoms with Gasteiger partial charge in [0.1, 0.15) is 24.0 Å². The lowest BCUT2D eigenvalue weighted by Crippen LogP contribution is -2.43. The van der Waals surface area contributed by atoms with Gasteiger partial charge in [0.25, 0.3) is 11.6 Å². The maximum absolute atomic E-state index is 16.5. The highest BCUT2D eigenvalue weighted by Crippen LogP contribution is 2.41. The number of pyridine rings is 1. The molecule has 0 unspecified atom stereocenters. The summed E-state index contributed by atoms with van der Waals surface area (Å²) in [6, 6.07) is 1.77. The fourth-order valence-electron chi connectivity index (χ4n) is 7.59. The molecule has 3 aromatic heterocycles. The topological polar surface area (TPSA) is 141 Å². The summed E-state index contributed by atoms with van der Waals surface area (Å²) < 4.78 is 36.7. The first-order chi connectivity index (χ1) is 22.8. The van der Waals surface area contributed by atoms with E-state index in [1.54, 1.807) is 12.3 Å². The fraction of sp³-hybridized carbons (Fsp3) is 0.545. The van der Waals surface area contributed by atoms with Crippen LogP contribution < -0.4 is 20.9 Å². The van der Waals surface area contributed by atoms with Gasteiger partial charge in [0.15, 0.2) is 5.82 Å². The summed E-state index contributed by atoms with van der Waals surface area (Å²) in [4.78, 5) is 39.1. The molecule has 7 rings (SSSR count). The molecule has 250 valence electrons. The van der Waals surface area contributed by atoms with Gasteiger partial charge in [0, 0.05) is 54.1 Å². The van der Waals surface area contributed by atoms with Gasteiger partial charge < -0.3 is 15.4 Å². The van der Waals surface area contributed by atoms with Crippen molar-refractivity contribution >= 4 is 39.3 Å². The third-order valence-electron chi connectivity index (χ3n) is 9.94. The Balaban J connectivity index is 1.13. The molecule has 3 atom stereocenters. The lowest BCUT2D eigenvalue weighted by molar-refractivity contribution is -0.121. The van der Waals surface area contributed by atoms with Crippen LogP contribution in [0.5, 0.6) is 6.01 Å². The van der Waals surface area contributed by atoms with Gasteiger partial charge in [0.05, 0.1) is 22.6 Å². The molecule has 1 amide bonds. The van der Waals surface area contributed by atoms with E-state index in [2.05, 4.69) is 40.7 Å². The van der Waals surface area contributed by atoms with Crippen molar-refractivity contribution in [3.05, 3.63) is 45.2 Å². The summed E-state index contributed by atoms with van der Waals surface area (Å²) in [7, 11) is 0. The Morgan fingerprint density at radius 1 is 1.21 bits per heavy atom. The summed E-state index contributed by atoms with van der Waals surface area (Å²) in [5.41, 5.74) is 0.499. The smallest absolute Gasteiger partial charge is 0.297 e. The van der Waals surface area contributed by atoms with Gasteiger partial charge >= 0.3 is 0 Å². The first-order valence-corrected chi connectivity index (χ1v) is 16.9. The van der Waals surface area contributed by atoms with Crippen molar-refractivity contribution in [2.24, 2.45) is 0 Å². The number of amides is 1. The van der Waals surface area contributed by atoms with E-state index in [9.17, 15) is 14.0 Å². The highest BCUT2D eigenvalue weighted by molar-refractivity contribution is 6.33. The highest BCUT2D eigenvalue weighted by atomic mass is 35.5. The van der Waals surface area contributed by atoms with Crippen LogP contribution in [0.3, 0.4) is 0 Å². The molecule has 0 spiro atoms. The SMILES string of the molecule is O=C(CCCCc1c(Cl)cc2[nH]ncc2c1-c1ncc2c(=O)[nH]c(OC[C@@]34CCCN3C[C@H](F)C4)nc2c1F)N[C@@H]1CCCCNC1. The van der Waals surface area contributed by atoms with Crippen LogP contribution in [0.25, 0.3) is 33.1 Å². The molecule has 1 aromatic carbocycles. The number of ether oxygens (including phenoxy) is 1. The molecule has 14 heteroatoms. The van der Waals surface area contributed by atoms with Crippen molar-refractivity contribution in [3.63, 3.8) is 0 Å². The average molecular weight is 669 g/mol. The summed E-state index contributed by atoms with van der Waals surface area (Å²) in [6.45, 7) is 3.07. The number of carbonyl (C=O) groups excluding carboxylic acids is 1. The van der Waals surface area contributed by atoms with Crippen molar-refractivity contribution in [2.75, 3.05) is 32.8 Å². The third-order valence-corrected chi connectivity index (χ3v) is 10.3. The van der Waals surface area contributed by atoms with Gasteiger partial charge in [-0.1, -0.05) is 18.0 Å². The first kappa shape index (κ1) is 31.9. The fourth-order valence-corrected chi connectivity index (χ4v) is 7.88. The van der Waals surface area contributed by atoms with E-state index >= 15 is 4.39 Å². The summed E-state index contributed by atoms with van der Waals surface area (Å²) in [5, 5.41) is 14.6. The minimum Gasteiger partial charge on any atom is -0.463 e. The standard InChI is InChI=1S/C33H39ClF2N8O3/c34-24-12-25-22(16-39-43-25)27(21(24)7-1-2-8-26(45)40-20-6-3-4-10-37-14-20)30-28(36)29-23(15-38-30)31(46)42-32(41-29)47-18-33-9-5-11-44(33)17-19(35)13-33/h12,15-16,19-20,37H,1-11,13-14,17-18H2,(H,39,43)(H,40,45)(H,41,42,46)/t19-,20-,33+/m1/s1. The van der Waals surface area contributed by atoms with E-state index in [1.807, 2.05) is 0 Å². The molecule has 6 heterocycles. The quantitative estimate of drug-likeness (QED) is 0.180. The second kappa shape index (κ2) is 13.4. The number of nitrogens with one attached hydrogen (secondary N) is 4. The Kier molecular flexibility index (Phi) is 9.12. The Morgan fingerprint density at radius 2 is 2.11 bits per heavy atom. The maximum Gasteiger partial charge on any atom is 0.297 e. The van der Waals surface area contributed by atoms with Crippen molar-refractivity contribution in [1.29, 1.82) is 0 Å². The van der Waals surface area contributed by atoms with Gasteiger partial charge in [-0.3, -0.25) is 29.6 Å². The number of halogens is 3. The zero-order valence-electron chi connectivity index (χ0n) is 26.1. The third kappa shape index (κ3) is 6.44. The Labute approximate surface area is 275 Å². The number of benzene rings is 1. The molecule has 3 aliphatic rings. The van der Waals surface area contributed by atoms with Crippen molar-refractivity contribution < 1.29 is 18.3 Å². The van der Waals surface area contributed by atoms with Crippen LogP contribution in [-0.4, -0.2) is 86.5 Å². The van der Waals surface area contributed by atoms with Crippen molar-refractivity contribution in [1.82, 2.24) is 40.7 Å². The van der Waals surface area contributed by atoms with E-state index < -0.39 is 23.1 Å². The van der Waals surface area contributed by atoms with Crippen molar-refractivity contribution in [2.45, 2.75) is 82.0 Å². The number of H-pyrrole nitrogens is 2. The summed E-state index contributed by atoms with van der Waals surface area (Å²) >= 11 is 6.77. The van der Waals surface area contributed by atoms with E-state index in [-0.39, 0.29) is 41.2 Å². The number of fused-ring (bicyclic) bond motifs is 3. The van der Waals surface area contributed by atoms with Gasteiger partial charge in [0.2, 0.25) is 5.91 Å². The van der Waals surface area contributed by atoms with Crippen LogP contribution >= 0.6 is 11.6 Å². The normalized spacial score (nSPS) is 23.3. The number of aromatic nitrogens is 5. The number of aromatic amines is 2. The van der Waals surface area contributed by atoms with E-state index in [4.69, 9.17) is 16.3 Å². The summed E-state index contributed by atoms with van der Waals surface area (Å²) in [5.74, 6) is -0.768. The van der Waals surface area contributed by atoms with E-state index in [1.165, 1.54) is 6.20 Å². The van der Waals surface area contributed by atoms with Gasteiger partial charge in [-0.2, -0.15) is 10.1 Å². The van der Waals surface area contributed by atoms with Crippen LogP contribution in [0, 0.1) is 5.82 Å². The number of carbonyl (C=O) groups is 1. The molecule has 3 fully saturated rings. The van der Waals surface area contributed by atoms with Gasteiger partial charge in [-0.25, -0.2) is 8.78 Å². The predicted molar refractivity (Wildman–Crippen MR) is 175 cm³/mol. The lowest BCUT2D eigenvalue weighted by Gasteiger charge is -2.30. The minimum atomic E-state index is -0.930. The number of hydrogen-bond acceptors (Lipinski definition) is 8. The minimum absolute atomic E-state index is 0.0133. The molecule has 0 aliphatic carbocycles. The van der Waals surface area contributed by atoms with Gasteiger partial charge in [-0.05, 0) is 69.7 Å². The van der Waals surface area contributed by atoms with Crippen LogP contribution in [0.2, 0.25) is 5.02 Å².